The smallest absolute Gasteiger partial charge is 0.257 e. The second-order valence-electron chi connectivity index (χ2n) is 4.96. The minimum Gasteiger partial charge on any atom is -0.326 e. The highest BCUT2D eigenvalue weighted by molar-refractivity contribution is 7.15. The first-order chi connectivity index (χ1) is 9.58. The summed E-state index contributed by atoms with van der Waals surface area (Å²) in [6.45, 7) is 4.66. The molecule has 0 fully saturated rings. The Morgan fingerprint density at radius 1 is 1.40 bits per heavy atom. The van der Waals surface area contributed by atoms with Crippen LogP contribution in [0.1, 0.15) is 34.8 Å². The molecule has 5 nitrogen and oxygen atoms in total. The minimum absolute atomic E-state index is 0.187. The third-order valence-corrected chi connectivity index (χ3v) is 3.56. The van der Waals surface area contributed by atoms with Crippen molar-refractivity contribution in [2.45, 2.75) is 26.8 Å². The summed E-state index contributed by atoms with van der Waals surface area (Å²) in [6, 6.07) is 7.25. The van der Waals surface area contributed by atoms with E-state index in [9.17, 15) is 4.79 Å². The van der Waals surface area contributed by atoms with Gasteiger partial charge in [-0.05, 0) is 23.6 Å². The number of nitrogens with two attached hydrogens (primary N) is 1. The predicted molar refractivity (Wildman–Crippen MR) is 80.7 cm³/mol. The van der Waals surface area contributed by atoms with Crippen molar-refractivity contribution in [3.05, 3.63) is 40.4 Å². The molecule has 0 aliphatic heterocycles. The molecule has 0 radical (unpaired) electrons. The Balaban J connectivity index is 2.05. The molecule has 0 bridgehead atoms. The standard InChI is InChI=1S/C14H18N4OS/c1-9(2)6-12-17-18-14(20-12)16-13(19)11-5-3-4-10(7-11)8-15/h3-5,7,9H,6,8,15H2,1-2H3,(H,16,18,19). The van der Waals surface area contributed by atoms with Crippen molar-refractivity contribution in [1.82, 2.24) is 10.2 Å². The first kappa shape index (κ1) is 14.6. The molecule has 106 valence electrons. The molecule has 1 heterocycles. The highest BCUT2D eigenvalue weighted by Crippen LogP contribution is 2.19. The fraction of sp³-hybridized carbons (Fsp3) is 0.357. The lowest BCUT2D eigenvalue weighted by atomic mass is 10.1. The molecule has 0 aliphatic rings. The maximum atomic E-state index is 12.1. The van der Waals surface area contributed by atoms with Crippen LogP contribution in [0.3, 0.4) is 0 Å². The highest BCUT2D eigenvalue weighted by Gasteiger charge is 2.11. The zero-order valence-corrected chi connectivity index (χ0v) is 12.4. The van der Waals surface area contributed by atoms with E-state index in [-0.39, 0.29) is 5.91 Å². The zero-order valence-electron chi connectivity index (χ0n) is 11.6. The summed E-state index contributed by atoms with van der Waals surface area (Å²) in [7, 11) is 0. The second-order valence-corrected chi connectivity index (χ2v) is 6.02. The topological polar surface area (TPSA) is 80.9 Å². The number of benzene rings is 1. The van der Waals surface area contributed by atoms with Crippen LogP contribution in [-0.4, -0.2) is 16.1 Å². The van der Waals surface area contributed by atoms with Gasteiger partial charge in [-0.15, -0.1) is 10.2 Å². The van der Waals surface area contributed by atoms with Gasteiger partial charge in [0.15, 0.2) is 0 Å². The summed E-state index contributed by atoms with van der Waals surface area (Å²) >= 11 is 1.42. The number of anilines is 1. The van der Waals surface area contributed by atoms with Crippen LogP contribution >= 0.6 is 11.3 Å². The van der Waals surface area contributed by atoms with Crippen molar-refractivity contribution in [2.75, 3.05) is 5.32 Å². The first-order valence-corrected chi connectivity index (χ1v) is 7.33. The average Bonchev–Trinajstić information content (AvgIpc) is 2.85. The molecule has 0 unspecified atom stereocenters. The molecule has 2 rings (SSSR count). The molecule has 1 aromatic carbocycles. The Kier molecular flexibility index (Phi) is 4.81. The van der Waals surface area contributed by atoms with Gasteiger partial charge in [0.25, 0.3) is 5.91 Å². The summed E-state index contributed by atoms with van der Waals surface area (Å²) in [4.78, 5) is 12.1. The van der Waals surface area contributed by atoms with Crippen molar-refractivity contribution in [3.63, 3.8) is 0 Å². The van der Waals surface area contributed by atoms with Gasteiger partial charge in [-0.3, -0.25) is 10.1 Å². The van der Waals surface area contributed by atoms with Crippen LogP contribution in [0.25, 0.3) is 0 Å². The largest absolute Gasteiger partial charge is 0.326 e. The van der Waals surface area contributed by atoms with E-state index in [0.717, 1.165) is 17.0 Å². The summed E-state index contributed by atoms with van der Waals surface area (Å²) in [6.07, 6.45) is 0.871. The van der Waals surface area contributed by atoms with Crippen LogP contribution in [0.4, 0.5) is 5.13 Å². The molecule has 0 saturated heterocycles. The number of hydrogen-bond donors (Lipinski definition) is 2. The van der Waals surface area contributed by atoms with Crippen molar-refractivity contribution in [3.8, 4) is 0 Å². The zero-order chi connectivity index (χ0) is 14.5. The van der Waals surface area contributed by atoms with Gasteiger partial charge in [0.2, 0.25) is 5.13 Å². The number of carbonyl (C=O) groups excluding carboxylic acids is 1. The maximum Gasteiger partial charge on any atom is 0.257 e. The normalized spacial score (nSPS) is 10.8. The summed E-state index contributed by atoms with van der Waals surface area (Å²) in [5.41, 5.74) is 7.07. The van der Waals surface area contributed by atoms with Crippen LogP contribution in [0.15, 0.2) is 24.3 Å². The Morgan fingerprint density at radius 3 is 2.90 bits per heavy atom. The molecule has 0 aliphatic carbocycles. The fourth-order valence-corrected chi connectivity index (χ4v) is 2.69. The van der Waals surface area contributed by atoms with Crippen LogP contribution in [0.5, 0.6) is 0 Å². The third-order valence-electron chi connectivity index (χ3n) is 2.70. The molecule has 20 heavy (non-hydrogen) atoms. The number of hydrogen-bond acceptors (Lipinski definition) is 5. The third kappa shape index (κ3) is 3.85. The van der Waals surface area contributed by atoms with Crippen molar-refractivity contribution in [2.24, 2.45) is 11.7 Å². The van der Waals surface area contributed by atoms with Gasteiger partial charge in [0.05, 0.1) is 0 Å². The quantitative estimate of drug-likeness (QED) is 0.886. The number of nitrogens with one attached hydrogen (secondary N) is 1. The molecule has 1 aromatic heterocycles. The number of aromatic nitrogens is 2. The summed E-state index contributed by atoms with van der Waals surface area (Å²) in [5.74, 6) is 0.334. The Hall–Kier alpha value is -1.79. The predicted octanol–water partition coefficient (Wildman–Crippen LogP) is 2.45. The average molecular weight is 290 g/mol. The SMILES string of the molecule is CC(C)Cc1nnc(NC(=O)c2cccc(CN)c2)s1. The minimum atomic E-state index is -0.187. The van der Waals surface area contributed by atoms with Crippen LogP contribution in [0, 0.1) is 5.92 Å². The second kappa shape index (κ2) is 6.58. The number of carbonyl (C=O) groups is 1. The maximum absolute atomic E-state index is 12.1. The molecule has 3 N–H and O–H groups in total. The van der Waals surface area contributed by atoms with E-state index in [4.69, 9.17) is 5.73 Å². The molecular formula is C14H18N4OS. The van der Waals surface area contributed by atoms with Gasteiger partial charge in [-0.1, -0.05) is 37.3 Å². The van der Waals surface area contributed by atoms with Crippen molar-refractivity contribution >= 4 is 22.4 Å². The van der Waals surface area contributed by atoms with Gasteiger partial charge < -0.3 is 5.73 Å². The lowest BCUT2D eigenvalue weighted by molar-refractivity contribution is 0.102. The van der Waals surface area contributed by atoms with Crippen LogP contribution < -0.4 is 11.1 Å². The molecular weight excluding hydrogens is 272 g/mol. The van der Waals surface area contributed by atoms with E-state index in [2.05, 4.69) is 29.4 Å². The van der Waals surface area contributed by atoms with Gasteiger partial charge in [0, 0.05) is 18.5 Å². The number of rotatable bonds is 5. The Morgan fingerprint density at radius 2 is 2.20 bits per heavy atom. The number of amides is 1. The lowest BCUT2D eigenvalue weighted by Gasteiger charge is -2.03. The van der Waals surface area contributed by atoms with Gasteiger partial charge in [-0.2, -0.15) is 0 Å². The van der Waals surface area contributed by atoms with Crippen molar-refractivity contribution < 1.29 is 4.79 Å². The first-order valence-electron chi connectivity index (χ1n) is 6.51. The molecule has 1 amide bonds. The van der Waals surface area contributed by atoms with E-state index in [1.165, 1.54) is 11.3 Å². The van der Waals surface area contributed by atoms with Gasteiger partial charge in [0.1, 0.15) is 5.01 Å². The van der Waals surface area contributed by atoms with Crippen LogP contribution in [-0.2, 0) is 13.0 Å². The molecule has 2 aromatic rings. The van der Waals surface area contributed by atoms with E-state index in [1.807, 2.05) is 12.1 Å². The Labute approximate surface area is 122 Å². The van der Waals surface area contributed by atoms with Gasteiger partial charge in [-0.25, -0.2) is 0 Å². The Bertz CT molecular complexity index is 594. The molecule has 0 spiro atoms. The summed E-state index contributed by atoms with van der Waals surface area (Å²) in [5, 5.41) is 12.3. The van der Waals surface area contributed by atoms with Gasteiger partial charge >= 0.3 is 0 Å². The number of nitrogens with zero attached hydrogens (tertiary/aromatic N) is 2. The highest BCUT2D eigenvalue weighted by atomic mass is 32.1. The summed E-state index contributed by atoms with van der Waals surface area (Å²) < 4.78 is 0. The lowest BCUT2D eigenvalue weighted by Crippen LogP contribution is -2.12. The van der Waals surface area contributed by atoms with E-state index in [1.54, 1.807) is 12.1 Å². The van der Waals surface area contributed by atoms with E-state index in [0.29, 0.717) is 23.2 Å². The molecule has 6 heteroatoms. The van der Waals surface area contributed by atoms with E-state index >= 15 is 0 Å². The van der Waals surface area contributed by atoms with E-state index < -0.39 is 0 Å². The van der Waals surface area contributed by atoms with Crippen LogP contribution in [0.2, 0.25) is 0 Å². The molecule has 0 atom stereocenters. The fourth-order valence-electron chi connectivity index (χ4n) is 1.74. The molecule has 0 saturated carbocycles. The van der Waals surface area contributed by atoms with Crippen molar-refractivity contribution in [1.29, 1.82) is 0 Å². The monoisotopic (exact) mass is 290 g/mol.